The van der Waals surface area contributed by atoms with Crippen molar-refractivity contribution in [2.45, 2.75) is 39.5 Å². The summed E-state index contributed by atoms with van der Waals surface area (Å²) in [6.45, 7) is 7.92. The molecule has 5 heteroatoms. The van der Waals surface area contributed by atoms with Crippen molar-refractivity contribution >= 4 is 11.6 Å². The highest BCUT2D eigenvalue weighted by atomic mass is 35.5. The molecule has 1 aromatic carbocycles. The minimum Gasteiger partial charge on any atom is -0.297 e. The fraction of sp³-hybridized carbons (Fsp3) is 0.375. The minimum absolute atomic E-state index is 0.0666. The summed E-state index contributed by atoms with van der Waals surface area (Å²) in [5, 5.41) is 0.120. The summed E-state index contributed by atoms with van der Waals surface area (Å²) >= 11 is 5.99. The zero-order chi connectivity index (χ0) is 15.7. The number of H-pyrrole nitrogens is 1. The number of hydrogen-bond acceptors (Lipinski definition) is 2. The maximum absolute atomic E-state index is 12.5. The first-order valence-electron chi connectivity index (χ1n) is 6.98. The molecule has 0 amide bonds. The van der Waals surface area contributed by atoms with Gasteiger partial charge in [-0.05, 0) is 29.5 Å². The van der Waals surface area contributed by atoms with Crippen molar-refractivity contribution in [3.63, 3.8) is 0 Å². The van der Waals surface area contributed by atoms with E-state index in [9.17, 15) is 9.59 Å². The molecule has 2 rings (SSSR count). The SMILES string of the molecule is CC(C)c1ccc(-n2c(=O)[nH]c(Cl)c(C(C)C)c2=O)cc1. The van der Waals surface area contributed by atoms with Crippen LogP contribution < -0.4 is 11.2 Å². The summed E-state index contributed by atoms with van der Waals surface area (Å²) in [6.07, 6.45) is 0. The summed E-state index contributed by atoms with van der Waals surface area (Å²) in [4.78, 5) is 27.1. The molecule has 1 heterocycles. The Morgan fingerprint density at radius 2 is 1.57 bits per heavy atom. The molecule has 2 aromatic rings. The van der Waals surface area contributed by atoms with E-state index >= 15 is 0 Å². The molecule has 0 unspecified atom stereocenters. The van der Waals surface area contributed by atoms with E-state index in [2.05, 4.69) is 18.8 Å². The van der Waals surface area contributed by atoms with Crippen molar-refractivity contribution in [2.75, 3.05) is 0 Å². The van der Waals surface area contributed by atoms with E-state index < -0.39 is 5.69 Å². The van der Waals surface area contributed by atoms with Gasteiger partial charge in [0, 0.05) is 0 Å². The van der Waals surface area contributed by atoms with E-state index in [0.29, 0.717) is 17.2 Å². The molecule has 0 spiro atoms. The maximum Gasteiger partial charge on any atom is 0.334 e. The Morgan fingerprint density at radius 3 is 2.05 bits per heavy atom. The van der Waals surface area contributed by atoms with Crippen LogP contribution in [0.4, 0.5) is 0 Å². The van der Waals surface area contributed by atoms with Gasteiger partial charge in [-0.1, -0.05) is 51.4 Å². The molecular weight excluding hydrogens is 288 g/mol. The van der Waals surface area contributed by atoms with Crippen molar-refractivity contribution in [1.29, 1.82) is 0 Å². The molecule has 4 nitrogen and oxygen atoms in total. The van der Waals surface area contributed by atoms with Crippen molar-refractivity contribution in [1.82, 2.24) is 9.55 Å². The monoisotopic (exact) mass is 306 g/mol. The molecule has 1 N–H and O–H groups in total. The van der Waals surface area contributed by atoms with Gasteiger partial charge in [-0.25, -0.2) is 9.36 Å². The third-order valence-electron chi connectivity index (χ3n) is 3.49. The number of nitrogens with one attached hydrogen (secondary N) is 1. The van der Waals surface area contributed by atoms with Crippen molar-refractivity contribution in [2.24, 2.45) is 0 Å². The third kappa shape index (κ3) is 2.95. The van der Waals surface area contributed by atoms with E-state index in [4.69, 9.17) is 11.6 Å². The van der Waals surface area contributed by atoms with Gasteiger partial charge >= 0.3 is 5.69 Å². The first kappa shape index (κ1) is 15.6. The van der Waals surface area contributed by atoms with Gasteiger partial charge < -0.3 is 0 Å². The second-order valence-corrected chi connectivity index (χ2v) is 6.08. The lowest BCUT2D eigenvalue weighted by Crippen LogP contribution is -2.36. The Bertz CT molecular complexity index is 755. The van der Waals surface area contributed by atoms with Crippen LogP contribution in [0.1, 0.15) is 50.7 Å². The van der Waals surface area contributed by atoms with E-state index in [0.717, 1.165) is 10.1 Å². The van der Waals surface area contributed by atoms with Crippen LogP contribution in [0.2, 0.25) is 5.15 Å². The molecule has 0 saturated carbocycles. The number of halogens is 1. The number of rotatable bonds is 3. The lowest BCUT2D eigenvalue weighted by molar-refractivity contribution is 0.776. The quantitative estimate of drug-likeness (QED) is 0.883. The van der Waals surface area contributed by atoms with Crippen LogP contribution in [0.15, 0.2) is 33.9 Å². The molecule has 0 saturated heterocycles. The molecule has 1 aromatic heterocycles. The van der Waals surface area contributed by atoms with Gasteiger partial charge in [0.15, 0.2) is 0 Å². The van der Waals surface area contributed by atoms with E-state index in [1.165, 1.54) is 0 Å². The zero-order valence-electron chi connectivity index (χ0n) is 12.6. The normalized spacial score (nSPS) is 11.4. The number of nitrogens with zero attached hydrogens (tertiary/aromatic N) is 1. The molecule has 0 atom stereocenters. The average molecular weight is 307 g/mol. The lowest BCUT2D eigenvalue weighted by Gasteiger charge is -2.12. The summed E-state index contributed by atoms with van der Waals surface area (Å²) in [5.41, 5.74) is 1.23. The fourth-order valence-electron chi connectivity index (χ4n) is 2.27. The second kappa shape index (κ2) is 5.90. The second-order valence-electron chi connectivity index (χ2n) is 5.70. The lowest BCUT2D eigenvalue weighted by atomic mass is 10.0. The molecule has 21 heavy (non-hydrogen) atoms. The summed E-state index contributed by atoms with van der Waals surface area (Å²) in [6, 6.07) is 7.42. The van der Waals surface area contributed by atoms with Crippen LogP contribution in [0.25, 0.3) is 5.69 Å². The van der Waals surface area contributed by atoms with Gasteiger partial charge in [0.05, 0.1) is 11.3 Å². The van der Waals surface area contributed by atoms with Gasteiger partial charge in [-0.2, -0.15) is 0 Å². The molecule has 0 aliphatic heterocycles. The van der Waals surface area contributed by atoms with Crippen LogP contribution in [0, 0.1) is 0 Å². The molecule has 0 aliphatic carbocycles. The van der Waals surface area contributed by atoms with Gasteiger partial charge in [0.1, 0.15) is 5.15 Å². The Hall–Kier alpha value is -1.81. The minimum atomic E-state index is -0.522. The summed E-state index contributed by atoms with van der Waals surface area (Å²) in [5.74, 6) is 0.327. The van der Waals surface area contributed by atoms with Crippen LogP contribution in [-0.4, -0.2) is 9.55 Å². The van der Waals surface area contributed by atoms with Crippen LogP contribution >= 0.6 is 11.6 Å². The Morgan fingerprint density at radius 1 is 1.00 bits per heavy atom. The van der Waals surface area contributed by atoms with Gasteiger partial charge in [-0.15, -0.1) is 0 Å². The van der Waals surface area contributed by atoms with Gasteiger partial charge in [0.25, 0.3) is 5.56 Å². The predicted molar refractivity (Wildman–Crippen MR) is 85.8 cm³/mol. The maximum atomic E-state index is 12.5. The first-order valence-corrected chi connectivity index (χ1v) is 7.35. The highest BCUT2D eigenvalue weighted by Gasteiger charge is 2.16. The van der Waals surface area contributed by atoms with Crippen LogP contribution in [-0.2, 0) is 0 Å². The number of hydrogen-bond donors (Lipinski definition) is 1. The first-order chi connectivity index (χ1) is 9.82. The highest BCUT2D eigenvalue weighted by Crippen LogP contribution is 2.18. The van der Waals surface area contributed by atoms with Crippen LogP contribution in [0.5, 0.6) is 0 Å². The van der Waals surface area contributed by atoms with E-state index in [1.807, 2.05) is 26.0 Å². The molecule has 0 bridgehead atoms. The Kier molecular flexibility index (Phi) is 4.37. The number of aromatic nitrogens is 2. The topological polar surface area (TPSA) is 54.9 Å². The van der Waals surface area contributed by atoms with Crippen LogP contribution in [0.3, 0.4) is 0 Å². The van der Waals surface area contributed by atoms with E-state index in [-0.39, 0.29) is 16.6 Å². The standard InChI is InChI=1S/C16H19ClN2O2/c1-9(2)11-5-7-12(8-6-11)19-15(20)13(10(3)4)14(17)18-16(19)21/h5-10H,1-4H3,(H,18,21). The predicted octanol–water partition coefficient (Wildman–Crippen LogP) is 3.43. The smallest absolute Gasteiger partial charge is 0.297 e. The fourth-order valence-corrected chi connectivity index (χ4v) is 2.65. The molecule has 0 aliphatic rings. The highest BCUT2D eigenvalue weighted by molar-refractivity contribution is 6.30. The largest absolute Gasteiger partial charge is 0.334 e. The van der Waals surface area contributed by atoms with E-state index in [1.54, 1.807) is 12.1 Å². The molecule has 112 valence electrons. The van der Waals surface area contributed by atoms with Crippen molar-refractivity contribution in [3.05, 3.63) is 61.4 Å². The average Bonchev–Trinajstić information content (AvgIpc) is 2.38. The van der Waals surface area contributed by atoms with Crippen molar-refractivity contribution in [3.8, 4) is 5.69 Å². The molecule has 0 radical (unpaired) electrons. The number of aromatic amines is 1. The zero-order valence-corrected chi connectivity index (χ0v) is 13.4. The summed E-state index contributed by atoms with van der Waals surface area (Å²) in [7, 11) is 0. The molecular formula is C16H19ClN2O2. The van der Waals surface area contributed by atoms with Gasteiger partial charge in [-0.3, -0.25) is 9.78 Å². The number of benzene rings is 1. The summed E-state index contributed by atoms with van der Waals surface area (Å²) < 4.78 is 1.13. The molecule has 0 fully saturated rings. The third-order valence-corrected chi connectivity index (χ3v) is 3.78. The van der Waals surface area contributed by atoms with Crippen molar-refractivity contribution < 1.29 is 0 Å². The van der Waals surface area contributed by atoms with Gasteiger partial charge in [0.2, 0.25) is 0 Å². The Balaban J connectivity index is 2.67. The Labute approximate surface area is 128 Å².